The molecule has 7 nitrogen and oxygen atoms in total. The Balaban J connectivity index is 2.64. The zero-order valence-electron chi connectivity index (χ0n) is 12.0. The minimum atomic E-state index is -0.907. The van der Waals surface area contributed by atoms with E-state index in [2.05, 4.69) is 5.32 Å². The highest BCUT2D eigenvalue weighted by atomic mass is 32.1. The molecular formula is C13H19N3O4S. The quantitative estimate of drug-likeness (QED) is 0.662. The molecule has 0 aromatic carbocycles. The van der Waals surface area contributed by atoms with E-state index in [1.165, 1.54) is 11.3 Å². The molecule has 0 bridgehead atoms. The number of likely N-dealkylation sites (N-methyl/N-ethyl adjacent to an activating group) is 1. The molecule has 8 heteroatoms. The first kappa shape index (κ1) is 17.1. The maximum Gasteiger partial charge on any atom is 0.304 e. The number of primary amides is 1. The van der Waals surface area contributed by atoms with Crippen molar-refractivity contribution in [1.82, 2.24) is 4.90 Å². The van der Waals surface area contributed by atoms with Crippen molar-refractivity contribution in [3.05, 3.63) is 17.0 Å². The standard InChI is InChI=1S/C13H19N3O4S/c1-3-16(8(2)6-11(18)19)7-10(17)15-13-9(12(14)20)4-5-21-13/h4-5,8H,3,6-7H2,1-2H3,(H2,14,20)(H,15,17)(H,18,19). The Bertz CT molecular complexity index is 529. The smallest absolute Gasteiger partial charge is 0.304 e. The van der Waals surface area contributed by atoms with Crippen molar-refractivity contribution in [3.63, 3.8) is 0 Å². The minimum absolute atomic E-state index is 0.0351. The van der Waals surface area contributed by atoms with Crippen LogP contribution in [0.15, 0.2) is 11.4 Å². The molecule has 1 aromatic heterocycles. The number of carboxylic acids is 1. The van der Waals surface area contributed by atoms with Crippen molar-refractivity contribution < 1.29 is 19.5 Å². The van der Waals surface area contributed by atoms with Crippen molar-refractivity contribution in [2.75, 3.05) is 18.4 Å². The van der Waals surface area contributed by atoms with Crippen LogP contribution < -0.4 is 11.1 Å². The molecule has 0 saturated carbocycles. The number of nitrogens with one attached hydrogen (secondary N) is 1. The van der Waals surface area contributed by atoms with Gasteiger partial charge in [-0.05, 0) is 24.9 Å². The number of carbonyl (C=O) groups is 3. The van der Waals surface area contributed by atoms with E-state index < -0.39 is 11.9 Å². The van der Waals surface area contributed by atoms with Crippen LogP contribution >= 0.6 is 11.3 Å². The Morgan fingerprint density at radius 3 is 2.67 bits per heavy atom. The average molecular weight is 313 g/mol. The average Bonchev–Trinajstić information content (AvgIpc) is 2.83. The van der Waals surface area contributed by atoms with Crippen molar-refractivity contribution in [1.29, 1.82) is 0 Å². The predicted octanol–water partition coefficient (Wildman–Crippen LogP) is 0.971. The highest BCUT2D eigenvalue weighted by Gasteiger charge is 2.19. The van der Waals surface area contributed by atoms with Gasteiger partial charge in [0.2, 0.25) is 5.91 Å². The lowest BCUT2D eigenvalue weighted by Gasteiger charge is -2.25. The normalized spacial score (nSPS) is 12.1. The summed E-state index contributed by atoms with van der Waals surface area (Å²) < 4.78 is 0. The molecule has 0 saturated heterocycles. The second-order valence-corrected chi connectivity index (χ2v) is 5.50. The van der Waals surface area contributed by atoms with Gasteiger partial charge in [-0.3, -0.25) is 19.3 Å². The maximum absolute atomic E-state index is 12.0. The molecule has 2 amide bonds. The van der Waals surface area contributed by atoms with E-state index in [-0.39, 0.29) is 30.5 Å². The molecule has 0 spiro atoms. The summed E-state index contributed by atoms with van der Waals surface area (Å²) in [5.74, 6) is -1.81. The molecule has 0 radical (unpaired) electrons. The molecule has 1 unspecified atom stereocenters. The van der Waals surface area contributed by atoms with Crippen molar-refractivity contribution >= 4 is 34.1 Å². The van der Waals surface area contributed by atoms with Crippen molar-refractivity contribution in [2.24, 2.45) is 5.73 Å². The van der Waals surface area contributed by atoms with Crippen LogP contribution in [0.4, 0.5) is 5.00 Å². The molecule has 0 aliphatic carbocycles. The number of hydrogen-bond acceptors (Lipinski definition) is 5. The van der Waals surface area contributed by atoms with Crippen LogP contribution in [0.3, 0.4) is 0 Å². The van der Waals surface area contributed by atoms with Gasteiger partial charge in [0.15, 0.2) is 0 Å². The van der Waals surface area contributed by atoms with E-state index in [9.17, 15) is 14.4 Å². The molecule has 1 heterocycles. The third-order valence-corrected chi connectivity index (χ3v) is 3.86. The van der Waals surface area contributed by atoms with E-state index in [1.54, 1.807) is 23.3 Å². The summed E-state index contributed by atoms with van der Waals surface area (Å²) in [7, 11) is 0. The monoisotopic (exact) mass is 313 g/mol. The van der Waals surface area contributed by atoms with Gasteiger partial charge in [-0.15, -0.1) is 11.3 Å². The highest BCUT2D eigenvalue weighted by Crippen LogP contribution is 2.22. The fourth-order valence-corrected chi connectivity index (χ4v) is 2.72. The van der Waals surface area contributed by atoms with Gasteiger partial charge in [-0.1, -0.05) is 6.92 Å². The molecule has 1 rings (SSSR count). The molecule has 21 heavy (non-hydrogen) atoms. The molecule has 0 fully saturated rings. The van der Waals surface area contributed by atoms with E-state index in [0.717, 1.165) is 0 Å². The predicted molar refractivity (Wildman–Crippen MR) is 80.4 cm³/mol. The Morgan fingerprint density at radius 1 is 1.48 bits per heavy atom. The topological polar surface area (TPSA) is 113 Å². The van der Waals surface area contributed by atoms with Gasteiger partial charge in [-0.25, -0.2) is 0 Å². The third-order valence-electron chi connectivity index (χ3n) is 3.03. The van der Waals surface area contributed by atoms with E-state index in [4.69, 9.17) is 10.8 Å². The lowest BCUT2D eigenvalue weighted by molar-refractivity contribution is -0.138. The first-order chi connectivity index (χ1) is 9.85. The van der Waals surface area contributed by atoms with Crippen LogP contribution in [0.5, 0.6) is 0 Å². The zero-order chi connectivity index (χ0) is 16.0. The summed E-state index contributed by atoms with van der Waals surface area (Å²) in [6, 6.07) is 1.30. The van der Waals surface area contributed by atoms with E-state index in [1.807, 2.05) is 6.92 Å². The van der Waals surface area contributed by atoms with Gasteiger partial charge in [-0.2, -0.15) is 0 Å². The molecule has 1 atom stereocenters. The fraction of sp³-hybridized carbons (Fsp3) is 0.462. The van der Waals surface area contributed by atoms with Crippen molar-refractivity contribution in [3.8, 4) is 0 Å². The Kier molecular flexibility index (Phi) is 6.32. The SMILES string of the molecule is CCN(CC(=O)Nc1sccc1C(N)=O)C(C)CC(=O)O. The zero-order valence-corrected chi connectivity index (χ0v) is 12.8. The second kappa shape index (κ2) is 7.75. The number of nitrogens with two attached hydrogens (primary N) is 1. The summed E-state index contributed by atoms with van der Waals surface area (Å²) >= 11 is 1.21. The molecule has 1 aromatic rings. The second-order valence-electron chi connectivity index (χ2n) is 4.59. The summed E-state index contributed by atoms with van der Waals surface area (Å²) in [6.45, 7) is 4.21. The summed E-state index contributed by atoms with van der Waals surface area (Å²) in [4.78, 5) is 35.6. The number of rotatable bonds is 8. The number of aliphatic carboxylic acids is 1. The van der Waals surface area contributed by atoms with Gasteiger partial charge in [0.25, 0.3) is 5.91 Å². The van der Waals surface area contributed by atoms with E-state index in [0.29, 0.717) is 11.5 Å². The highest BCUT2D eigenvalue weighted by molar-refractivity contribution is 7.14. The Morgan fingerprint density at radius 2 is 2.14 bits per heavy atom. The van der Waals surface area contributed by atoms with Gasteiger partial charge in [0, 0.05) is 6.04 Å². The lowest BCUT2D eigenvalue weighted by atomic mass is 10.2. The van der Waals surface area contributed by atoms with Crippen LogP contribution in [0, 0.1) is 0 Å². The van der Waals surface area contributed by atoms with Crippen LogP contribution in [0.25, 0.3) is 0 Å². The minimum Gasteiger partial charge on any atom is -0.481 e. The number of nitrogens with zero attached hydrogens (tertiary/aromatic N) is 1. The summed E-state index contributed by atoms with van der Waals surface area (Å²) in [5, 5.41) is 13.5. The third kappa shape index (κ3) is 5.16. The largest absolute Gasteiger partial charge is 0.481 e. The number of hydrogen-bond donors (Lipinski definition) is 3. The van der Waals surface area contributed by atoms with Crippen LogP contribution in [0.2, 0.25) is 0 Å². The number of carbonyl (C=O) groups excluding carboxylic acids is 2. The Labute approximate surface area is 126 Å². The summed E-state index contributed by atoms with van der Waals surface area (Å²) in [5.41, 5.74) is 5.48. The van der Waals surface area contributed by atoms with Gasteiger partial charge in [0.05, 0.1) is 18.5 Å². The molecule has 116 valence electrons. The van der Waals surface area contributed by atoms with Crippen molar-refractivity contribution in [2.45, 2.75) is 26.3 Å². The Hall–Kier alpha value is -1.93. The number of thiophene rings is 1. The van der Waals surface area contributed by atoms with Gasteiger partial charge < -0.3 is 16.2 Å². The van der Waals surface area contributed by atoms with Gasteiger partial charge in [0.1, 0.15) is 5.00 Å². The first-order valence-electron chi connectivity index (χ1n) is 6.48. The van der Waals surface area contributed by atoms with Crippen LogP contribution in [0.1, 0.15) is 30.6 Å². The van der Waals surface area contributed by atoms with Crippen LogP contribution in [-0.4, -0.2) is 46.9 Å². The number of carboxylic acid groups (broad SMARTS) is 1. The molecule has 4 N–H and O–H groups in total. The number of anilines is 1. The molecule has 0 aliphatic rings. The summed E-state index contributed by atoms with van der Waals surface area (Å²) in [6.07, 6.45) is -0.0351. The number of amides is 2. The van der Waals surface area contributed by atoms with Crippen LogP contribution in [-0.2, 0) is 9.59 Å². The fourth-order valence-electron chi connectivity index (χ4n) is 1.91. The molecule has 0 aliphatic heterocycles. The maximum atomic E-state index is 12.0. The van der Waals surface area contributed by atoms with Gasteiger partial charge >= 0.3 is 5.97 Å². The van der Waals surface area contributed by atoms with E-state index >= 15 is 0 Å². The lowest BCUT2D eigenvalue weighted by Crippen LogP contribution is -2.40. The first-order valence-corrected chi connectivity index (χ1v) is 7.36. The molecular weight excluding hydrogens is 294 g/mol.